The molecule has 0 aromatic heterocycles. The van der Waals surface area contributed by atoms with Crippen LogP contribution in [0.3, 0.4) is 0 Å². The third-order valence-electron chi connectivity index (χ3n) is 5.02. The number of hydrogen-bond donors (Lipinski definition) is 1. The van der Waals surface area contributed by atoms with Crippen LogP contribution >= 0.6 is 0 Å². The van der Waals surface area contributed by atoms with E-state index in [0.29, 0.717) is 30.8 Å². The fourth-order valence-corrected chi connectivity index (χ4v) is 3.38. The average molecular weight is 389 g/mol. The van der Waals surface area contributed by atoms with Crippen molar-refractivity contribution in [3.63, 3.8) is 0 Å². The van der Waals surface area contributed by atoms with Gasteiger partial charge in [-0.1, -0.05) is 12.1 Å². The van der Waals surface area contributed by atoms with Crippen molar-refractivity contribution in [3.05, 3.63) is 24.3 Å². The van der Waals surface area contributed by atoms with Crippen LogP contribution in [0, 0.1) is 5.92 Å². The van der Waals surface area contributed by atoms with E-state index in [9.17, 15) is 19.2 Å². The van der Waals surface area contributed by atoms with Crippen molar-refractivity contribution in [2.24, 2.45) is 5.92 Å². The third kappa shape index (κ3) is 4.24. The summed E-state index contributed by atoms with van der Waals surface area (Å²) in [5.41, 5.74) is 0.521. The molecule has 9 heteroatoms. The van der Waals surface area contributed by atoms with Gasteiger partial charge in [-0.2, -0.15) is 0 Å². The number of piperidine rings is 1. The zero-order chi connectivity index (χ0) is 20.3. The second-order valence-corrected chi connectivity index (χ2v) is 7.00. The summed E-state index contributed by atoms with van der Waals surface area (Å²) in [5, 5.41) is 9.15. The Kier molecular flexibility index (Phi) is 5.81. The Labute approximate surface area is 162 Å². The molecule has 3 amide bonds. The predicted molar refractivity (Wildman–Crippen MR) is 98.9 cm³/mol. The van der Waals surface area contributed by atoms with Crippen molar-refractivity contribution in [1.29, 1.82) is 0 Å². The zero-order valence-electron chi connectivity index (χ0n) is 15.7. The molecular weight excluding hydrogens is 366 g/mol. The molecule has 1 saturated heterocycles. The number of benzene rings is 1. The highest BCUT2D eigenvalue weighted by molar-refractivity contribution is 6.02. The lowest BCUT2D eigenvalue weighted by Crippen LogP contribution is -2.49. The summed E-state index contributed by atoms with van der Waals surface area (Å²) >= 11 is 0. The summed E-state index contributed by atoms with van der Waals surface area (Å²) in [4.78, 5) is 52.5. The van der Waals surface area contributed by atoms with Crippen LogP contribution in [0.4, 0.5) is 5.69 Å². The maximum absolute atomic E-state index is 12.6. The minimum atomic E-state index is -0.911. The summed E-state index contributed by atoms with van der Waals surface area (Å²) in [7, 11) is 1.50. The second-order valence-electron chi connectivity index (χ2n) is 7.00. The highest BCUT2D eigenvalue weighted by Gasteiger charge is 2.31. The first-order valence-corrected chi connectivity index (χ1v) is 9.13. The Morgan fingerprint density at radius 2 is 2.04 bits per heavy atom. The van der Waals surface area contributed by atoms with Crippen LogP contribution in [0.2, 0.25) is 0 Å². The van der Waals surface area contributed by atoms with E-state index in [1.165, 1.54) is 21.7 Å². The van der Waals surface area contributed by atoms with Crippen LogP contribution in [-0.2, 0) is 19.2 Å². The van der Waals surface area contributed by atoms with Gasteiger partial charge in [0.15, 0.2) is 6.61 Å². The molecule has 9 nitrogen and oxygen atoms in total. The van der Waals surface area contributed by atoms with E-state index in [1.54, 1.807) is 24.3 Å². The molecule has 1 atom stereocenters. The molecule has 28 heavy (non-hydrogen) atoms. The summed E-state index contributed by atoms with van der Waals surface area (Å²) < 4.78 is 5.36. The van der Waals surface area contributed by atoms with Crippen LogP contribution in [0.5, 0.6) is 5.75 Å². The van der Waals surface area contributed by atoms with E-state index < -0.39 is 11.9 Å². The number of carbonyl (C=O) groups excluding carboxylic acids is 3. The van der Waals surface area contributed by atoms with E-state index >= 15 is 0 Å². The Balaban J connectivity index is 1.60. The van der Waals surface area contributed by atoms with Crippen molar-refractivity contribution in [2.75, 3.05) is 44.7 Å². The van der Waals surface area contributed by atoms with E-state index in [4.69, 9.17) is 9.84 Å². The van der Waals surface area contributed by atoms with Gasteiger partial charge in [-0.25, -0.2) is 0 Å². The summed E-state index contributed by atoms with van der Waals surface area (Å²) in [6.45, 7) is 0.148. The van der Waals surface area contributed by atoms with Crippen molar-refractivity contribution >= 4 is 29.4 Å². The summed E-state index contributed by atoms with van der Waals surface area (Å²) in [6, 6.07) is 6.95. The molecule has 0 aliphatic carbocycles. The Hall–Kier alpha value is -3.10. The lowest BCUT2D eigenvalue weighted by molar-refractivity contribution is -0.147. The molecule has 0 radical (unpaired) electrons. The van der Waals surface area contributed by atoms with E-state index in [2.05, 4.69) is 0 Å². The first-order chi connectivity index (χ1) is 13.4. The molecule has 1 N–H and O–H groups in total. The number of anilines is 1. The number of nitrogens with zero attached hydrogens (tertiary/aromatic N) is 3. The monoisotopic (exact) mass is 389 g/mol. The molecule has 2 heterocycles. The summed E-state index contributed by atoms with van der Waals surface area (Å²) in [5.74, 6) is -1.96. The molecule has 1 aromatic rings. The van der Waals surface area contributed by atoms with Gasteiger partial charge in [-0.05, 0) is 25.0 Å². The van der Waals surface area contributed by atoms with Crippen LogP contribution in [-0.4, -0.2) is 78.4 Å². The minimum Gasteiger partial charge on any atom is -0.482 e. The molecule has 0 spiro atoms. The molecule has 2 aliphatic heterocycles. The Bertz CT molecular complexity index is 796. The number of carboxylic acids is 1. The number of fused-ring (bicyclic) bond motifs is 1. The summed E-state index contributed by atoms with van der Waals surface area (Å²) in [6.07, 6.45) is 1.17. The van der Waals surface area contributed by atoms with E-state index in [0.717, 1.165) is 0 Å². The number of likely N-dealkylation sites (tertiary alicyclic amines) is 1. The SMILES string of the molecule is CN(CC(=O)N1CCCC(C(=O)O)C1)C(=O)CN1C(=O)COc2ccccc21. The molecule has 2 aliphatic rings. The van der Waals surface area contributed by atoms with Crippen LogP contribution in [0.1, 0.15) is 12.8 Å². The lowest BCUT2D eigenvalue weighted by Gasteiger charge is -2.33. The molecule has 0 saturated carbocycles. The van der Waals surface area contributed by atoms with Crippen LogP contribution in [0.25, 0.3) is 0 Å². The zero-order valence-corrected chi connectivity index (χ0v) is 15.7. The number of rotatable bonds is 5. The van der Waals surface area contributed by atoms with Gasteiger partial charge in [-0.3, -0.25) is 24.1 Å². The van der Waals surface area contributed by atoms with Gasteiger partial charge in [0.25, 0.3) is 5.91 Å². The highest BCUT2D eigenvalue weighted by atomic mass is 16.5. The second kappa shape index (κ2) is 8.28. The smallest absolute Gasteiger partial charge is 0.308 e. The highest BCUT2D eigenvalue weighted by Crippen LogP contribution is 2.31. The standard InChI is InChI=1S/C19H23N3O6/c1-20(10-17(24)21-8-4-5-13(9-21)19(26)27)16(23)11-22-14-6-2-3-7-15(14)28-12-18(22)25/h2-3,6-7,13H,4-5,8-12H2,1H3,(H,26,27). The normalized spacial score (nSPS) is 18.9. The van der Waals surface area contributed by atoms with Crippen LogP contribution in [0.15, 0.2) is 24.3 Å². The number of ether oxygens (including phenoxy) is 1. The molecule has 3 rings (SSSR count). The van der Waals surface area contributed by atoms with Crippen LogP contribution < -0.4 is 9.64 Å². The maximum atomic E-state index is 12.6. The first kappa shape index (κ1) is 19.7. The molecule has 1 unspecified atom stereocenters. The van der Waals surface area contributed by atoms with Gasteiger partial charge in [0.05, 0.1) is 18.2 Å². The van der Waals surface area contributed by atoms with Crippen molar-refractivity contribution in [2.45, 2.75) is 12.8 Å². The lowest BCUT2D eigenvalue weighted by atomic mass is 9.98. The van der Waals surface area contributed by atoms with Crippen molar-refractivity contribution < 1.29 is 29.0 Å². The van der Waals surface area contributed by atoms with Gasteiger partial charge in [0.2, 0.25) is 11.8 Å². The number of para-hydroxylation sites is 2. The maximum Gasteiger partial charge on any atom is 0.308 e. The van der Waals surface area contributed by atoms with Gasteiger partial charge in [0, 0.05) is 20.1 Å². The number of carbonyl (C=O) groups is 4. The quantitative estimate of drug-likeness (QED) is 0.771. The minimum absolute atomic E-state index is 0.142. The Morgan fingerprint density at radius 3 is 2.79 bits per heavy atom. The molecule has 0 bridgehead atoms. The van der Waals surface area contributed by atoms with E-state index in [-0.39, 0.29) is 44.0 Å². The molecule has 1 aromatic carbocycles. The number of hydrogen-bond acceptors (Lipinski definition) is 5. The van der Waals surface area contributed by atoms with Crippen molar-refractivity contribution in [3.8, 4) is 5.75 Å². The predicted octanol–water partition coefficient (Wildman–Crippen LogP) is 0.194. The topological polar surface area (TPSA) is 107 Å². The van der Waals surface area contributed by atoms with Gasteiger partial charge >= 0.3 is 5.97 Å². The largest absolute Gasteiger partial charge is 0.482 e. The fraction of sp³-hybridized carbons (Fsp3) is 0.474. The number of aliphatic carboxylic acids is 1. The first-order valence-electron chi connectivity index (χ1n) is 9.13. The van der Waals surface area contributed by atoms with Gasteiger partial charge in [0.1, 0.15) is 12.3 Å². The van der Waals surface area contributed by atoms with Gasteiger partial charge in [-0.15, -0.1) is 0 Å². The fourth-order valence-electron chi connectivity index (χ4n) is 3.38. The average Bonchev–Trinajstić information content (AvgIpc) is 2.70. The molecular formula is C19H23N3O6. The number of amides is 3. The van der Waals surface area contributed by atoms with Crippen molar-refractivity contribution in [1.82, 2.24) is 9.80 Å². The van der Waals surface area contributed by atoms with E-state index in [1.807, 2.05) is 0 Å². The molecule has 150 valence electrons. The Morgan fingerprint density at radius 1 is 1.29 bits per heavy atom. The molecule has 1 fully saturated rings. The number of carboxylic acid groups (broad SMARTS) is 1. The van der Waals surface area contributed by atoms with Gasteiger partial charge < -0.3 is 19.6 Å². The number of likely N-dealkylation sites (N-methyl/N-ethyl adjacent to an activating group) is 1. The third-order valence-corrected chi connectivity index (χ3v) is 5.02.